The van der Waals surface area contributed by atoms with Crippen molar-refractivity contribution in [1.82, 2.24) is 9.97 Å². The molecule has 0 bridgehead atoms. The molecule has 0 radical (unpaired) electrons. The largest absolute Gasteiger partial charge is 0.260 e. The third-order valence-corrected chi connectivity index (χ3v) is 3.03. The van der Waals surface area contributed by atoms with Gasteiger partial charge in [-0.2, -0.15) is 5.26 Å². The standard InChI is InChI=1S/C11H6ClN3S/c12-9-2-1-8(6-13)10(5-9)16-11-7-14-3-4-15-11/h1-5,7H. The van der Waals surface area contributed by atoms with E-state index in [1.807, 2.05) is 0 Å². The Morgan fingerprint density at radius 2 is 2.19 bits per heavy atom. The highest BCUT2D eigenvalue weighted by atomic mass is 35.5. The zero-order valence-corrected chi connectivity index (χ0v) is 9.66. The average Bonchev–Trinajstić information content (AvgIpc) is 2.31. The molecule has 0 aliphatic carbocycles. The molecule has 5 heteroatoms. The van der Waals surface area contributed by atoms with Crippen molar-refractivity contribution in [3.05, 3.63) is 47.4 Å². The molecule has 0 saturated heterocycles. The summed E-state index contributed by atoms with van der Waals surface area (Å²) in [7, 11) is 0. The highest BCUT2D eigenvalue weighted by molar-refractivity contribution is 7.99. The van der Waals surface area contributed by atoms with Gasteiger partial charge < -0.3 is 0 Å². The van der Waals surface area contributed by atoms with Crippen LogP contribution in [0.15, 0.2) is 46.7 Å². The zero-order chi connectivity index (χ0) is 11.4. The molecule has 0 aliphatic rings. The normalized spacial score (nSPS) is 9.75. The molecule has 0 saturated carbocycles. The number of benzene rings is 1. The minimum Gasteiger partial charge on any atom is -0.260 e. The van der Waals surface area contributed by atoms with Gasteiger partial charge in [-0.15, -0.1) is 0 Å². The van der Waals surface area contributed by atoms with Crippen LogP contribution in [0.5, 0.6) is 0 Å². The minimum absolute atomic E-state index is 0.583. The quantitative estimate of drug-likeness (QED) is 0.818. The van der Waals surface area contributed by atoms with Gasteiger partial charge in [-0.3, -0.25) is 4.98 Å². The first-order valence-electron chi connectivity index (χ1n) is 4.43. The molecule has 1 aromatic heterocycles. The number of aromatic nitrogens is 2. The van der Waals surface area contributed by atoms with Crippen molar-refractivity contribution in [2.45, 2.75) is 9.92 Å². The summed E-state index contributed by atoms with van der Waals surface area (Å²) in [5.41, 5.74) is 0.583. The second-order valence-electron chi connectivity index (χ2n) is 2.90. The molecule has 1 heterocycles. The zero-order valence-electron chi connectivity index (χ0n) is 8.09. The lowest BCUT2D eigenvalue weighted by atomic mass is 10.2. The molecule has 0 fully saturated rings. The Labute approximate surface area is 102 Å². The van der Waals surface area contributed by atoms with Gasteiger partial charge in [0.25, 0.3) is 0 Å². The summed E-state index contributed by atoms with van der Waals surface area (Å²) in [6.07, 6.45) is 4.86. The number of nitriles is 1. The van der Waals surface area contributed by atoms with Crippen LogP contribution >= 0.6 is 23.4 Å². The van der Waals surface area contributed by atoms with Crippen molar-refractivity contribution >= 4 is 23.4 Å². The van der Waals surface area contributed by atoms with E-state index < -0.39 is 0 Å². The fourth-order valence-electron chi connectivity index (χ4n) is 1.12. The van der Waals surface area contributed by atoms with Crippen LogP contribution in [0.2, 0.25) is 5.02 Å². The molecule has 0 N–H and O–H groups in total. The highest BCUT2D eigenvalue weighted by Crippen LogP contribution is 2.30. The van der Waals surface area contributed by atoms with E-state index in [2.05, 4.69) is 16.0 Å². The van der Waals surface area contributed by atoms with Gasteiger partial charge in [0.1, 0.15) is 11.1 Å². The Hall–Kier alpha value is -1.57. The van der Waals surface area contributed by atoms with Crippen LogP contribution in [-0.2, 0) is 0 Å². The lowest BCUT2D eigenvalue weighted by molar-refractivity contribution is 1.05. The SMILES string of the molecule is N#Cc1ccc(Cl)cc1Sc1cnccn1. The van der Waals surface area contributed by atoms with Crippen LogP contribution in [0.3, 0.4) is 0 Å². The van der Waals surface area contributed by atoms with Gasteiger partial charge in [0.2, 0.25) is 0 Å². The Balaban J connectivity index is 2.35. The van der Waals surface area contributed by atoms with Crippen LogP contribution in [0, 0.1) is 11.3 Å². The molecule has 0 unspecified atom stereocenters. The van der Waals surface area contributed by atoms with Crippen molar-refractivity contribution in [3.8, 4) is 6.07 Å². The summed E-state index contributed by atoms with van der Waals surface area (Å²) in [4.78, 5) is 8.87. The number of hydrogen-bond acceptors (Lipinski definition) is 4. The lowest BCUT2D eigenvalue weighted by Gasteiger charge is -2.02. The molecule has 16 heavy (non-hydrogen) atoms. The summed E-state index contributed by atoms with van der Waals surface area (Å²) in [6.45, 7) is 0. The van der Waals surface area contributed by atoms with Gasteiger partial charge in [0, 0.05) is 22.3 Å². The van der Waals surface area contributed by atoms with E-state index in [0.29, 0.717) is 10.6 Å². The Kier molecular flexibility index (Phi) is 3.40. The lowest BCUT2D eigenvalue weighted by Crippen LogP contribution is -1.84. The molecular formula is C11H6ClN3S. The van der Waals surface area contributed by atoms with Gasteiger partial charge in [-0.05, 0) is 18.2 Å². The van der Waals surface area contributed by atoms with E-state index in [1.54, 1.807) is 36.8 Å². The number of hydrogen-bond donors (Lipinski definition) is 0. The fourth-order valence-corrected chi connectivity index (χ4v) is 2.22. The van der Waals surface area contributed by atoms with E-state index >= 15 is 0 Å². The van der Waals surface area contributed by atoms with E-state index in [0.717, 1.165) is 9.92 Å². The number of rotatable bonds is 2. The van der Waals surface area contributed by atoms with Gasteiger partial charge in [-0.25, -0.2) is 4.98 Å². The first-order valence-corrected chi connectivity index (χ1v) is 5.62. The van der Waals surface area contributed by atoms with Gasteiger partial charge >= 0.3 is 0 Å². The summed E-state index contributed by atoms with van der Waals surface area (Å²) >= 11 is 7.25. The maximum absolute atomic E-state index is 8.94. The van der Waals surface area contributed by atoms with Crippen LogP contribution in [0.1, 0.15) is 5.56 Å². The highest BCUT2D eigenvalue weighted by Gasteiger charge is 2.05. The molecule has 0 amide bonds. The van der Waals surface area contributed by atoms with Crippen molar-refractivity contribution < 1.29 is 0 Å². The molecule has 3 nitrogen and oxygen atoms in total. The Morgan fingerprint density at radius 3 is 2.88 bits per heavy atom. The van der Waals surface area contributed by atoms with Crippen LogP contribution < -0.4 is 0 Å². The summed E-state index contributed by atoms with van der Waals surface area (Å²) in [6, 6.07) is 7.26. The third kappa shape index (κ3) is 2.51. The van der Waals surface area contributed by atoms with E-state index in [-0.39, 0.29) is 0 Å². The molecule has 78 valence electrons. The van der Waals surface area contributed by atoms with Crippen molar-refractivity contribution in [1.29, 1.82) is 5.26 Å². The van der Waals surface area contributed by atoms with Crippen LogP contribution in [0.25, 0.3) is 0 Å². The van der Waals surface area contributed by atoms with E-state index in [9.17, 15) is 0 Å². The van der Waals surface area contributed by atoms with Crippen LogP contribution in [0.4, 0.5) is 0 Å². The van der Waals surface area contributed by atoms with Crippen LogP contribution in [-0.4, -0.2) is 9.97 Å². The maximum atomic E-state index is 8.94. The molecular weight excluding hydrogens is 242 g/mol. The number of nitrogens with zero attached hydrogens (tertiary/aromatic N) is 3. The third-order valence-electron chi connectivity index (χ3n) is 1.82. The monoisotopic (exact) mass is 247 g/mol. The fraction of sp³-hybridized carbons (Fsp3) is 0. The first kappa shape index (κ1) is 10.9. The summed E-state index contributed by atoms with van der Waals surface area (Å²) < 4.78 is 0. The molecule has 0 aliphatic heterocycles. The van der Waals surface area contributed by atoms with Gasteiger partial charge in [0.15, 0.2) is 0 Å². The Morgan fingerprint density at radius 1 is 1.31 bits per heavy atom. The number of halogens is 1. The summed E-state index contributed by atoms with van der Waals surface area (Å²) in [5.74, 6) is 0. The molecule has 0 atom stereocenters. The molecule has 1 aromatic carbocycles. The Bertz CT molecular complexity index is 537. The minimum atomic E-state index is 0.583. The predicted octanol–water partition coefficient (Wildman–Crippen LogP) is 3.15. The predicted molar refractivity (Wildman–Crippen MR) is 62.3 cm³/mol. The van der Waals surface area contributed by atoms with Gasteiger partial charge in [-0.1, -0.05) is 23.4 Å². The van der Waals surface area contributed by atoms with Gasteiger partial charge in [0.05, 0.1) is 11.8 Å². The van der Waals surface area contributed by atoms with Crippen molar-refractivity contribution in [2.24, 2.45) is 0 Å². The average molecular weight is 248 g/mol. The summed E-state index contributed by atoms with van der Waals surface area (Å²) in [5, 5.41) is 10.3. The topological polar surface area (TPSA) is 49.6 Å². The molecule has 2 rings (SSSR count). The van der Waals surface area contributed by atoms with E-state index in [1.165, 1.54) is 11.8 Å². The first-order chi connectivity index (χ1) is 7.79. The molecule has 2 aromatic rings. The van der Waals surface area contributed by atoms with Crippen molar-refractivity contribution in [3.63, 3.8) is 0 Å². The van der Waals surface area contributed by atoms with Crippen molar-refractivity contribution in [2.75, 3.05) is 0 Å². The second kappa shape index (κ2) is 4.97. The van der Waals surface area contributed by atoms with E-state index in [4.69, 9.17) is 16.9 Å². The maximum Gasteiger partial charge on any atom is 0.119 e. The molecule has 0 spiro atoms. The second-order valence-corrected chi connectivity index (χ2v) is 4.40. The smallest absolute Gasteiger partial charge is 0.119 e.